The number of hydrogen-bond acceptors (Lipinski definition) is 5. The van der Waals surface area contributed by atoms with Crippen LogP contribution in [0, 0.1) is 3.95 Å². The molecule has 0 fully saturated rings. The first-order valence-corrected chi connectivity index (χ1v) is 7.04. The maximum atomic E-state index is 4.99. The fraction of sp³-hybridized carbons (Fsp3) is 0.250. The molecule has 2 rings (SSSR count). The van der Waals surface area contributed by atoms with E-state index < -0.39 is 0 Å². The van der Waals surface area contributed by atoms with Crippen LogP contribution >= 0.6 is 50.8 Å². The number of rotatable bonds is 3. The molecule has 0 saturated heterocycles. The smallest absolute Gasteiger partial charge is 0.206 e. The van der Waals surface area contributed by atoms with E-state index in [1.807, 2.05) is 7.05 Å². The second-order valence-electron chi connectivity index (χ2n) is 2.98. The number of thiophene rings is 1. The van der Waals surface area contributed by atoms with Crippen molar-refractivity contribution in [2.45, 2.75) is 6.54 Å². The van der Waals surface area contributed by atoms with Crippen molar-refractivity contribution in [1.82, 2.24) is 10.2 Å². The van der Waals surface area contributed by atoms with Crippen LogP contribution < -0.4 is 4.90 Å². The Bertz CT molecular complexity index is 501. The van der Waals surface area contributed by atoms with Crippen molar-refractivity contribution in [3.05, 3.63) is 24.8 Å². The van der Waals surface area contributed by atoms with Gasteiger partial charge in [-0.3, -0.25) is 5.10 Å². The lowest BCUT2D eigenvalue weighted by Crippen LogP contribution is -2.15. The number of hydrogen-bond donors (Lipinski definition) is 1. The molecule has 0 spiro atoms. The maximum Gasteiger partial charge on any atom is 0.206 e. The third-order valence-electron chi connectivity index (χ3n) is 1.77. The molecule has 0 aliphatic carbocycles. The van der Waals surface area contributed by atoms with Crippen LogP contribution in [0.2, 0.25) is 0 Å². The van der Waals surface area contributed by atoms with E-state index in [9.17, 15) is 0 Å². The van der Waals surface area contributed by atoms with Gasteiger partial charge >= 0.3 is 0 Å². The molecule has 0 bridgehead atoms. The molecule has 2 aromatic heterocycles. The Morgan fingerprint density at radius 2 is 2.47 bits per heavy atom. The van der Waals surface area contributed by atoms with Crippen molar-refractivity contribution in [1.29, 1.82) is 0 Å². The molecule has 0 aromatic carbocycles. The number of nitrogens with one attached hydrogen (secondary N) is 1. The topological polar surface area (TPSA) is 31.9 Å². The van der Waals surface area contributed by atoms with Gasteiger partial charge in [0.05, 0.1) is 6.54 Å². The molecule has 80 valence electrons. The zero-order valence-corrected chi connectivity index (χ0v) is 11.9. The number of nitrogens with zero attached hydrogens (tertiary/aromatic N) is 2. The van der Waals surface area contributed by atoms with Crippen LogP contribution in [-0.4, -0.2) is 17.2 Å². The standard InChI is InChI=1S/C8H8BrN3S3/c1-12(7-10-11-8(13)15-7)3-6-2-5(9)4-14-6/h2,4H,3H2,1H3,(H,11,13). The highest BCUT2D eigenvalue weighted by molar-refractivity contribution is 9.10. The SMILES string of the molecule is CN(Cc1cc(Br)cs1)c1n[nH]c(=S)s1. The molecule has 0 unspecified atom stereocenters. The van der Waals surface area contributed by atoms with Crippen molar-refractivity contribution in [3.63, 3.8) is 0 Å². The van der Waals surface area contributed by atoms with E-state index in [2.05, 4.69) is 42.5 Å². The van der Waals surface area contributed by atoms with Gasteiger partial charge in [0.2, 0.25) is 5.13 Å². The molecule has 1 N–H and O–H groups in total. The summed E-state index contributed by atoms with van der Waals surface area (Å²) in [6.45, 7) is 0.854. The minimum Gasteiger partial charge on any atom is -0.345 e. The molecule has 0 amide bonds. The van der Waals surface area contributed by atoms with Gasteiger partial charge in [0, 0.05) is 21.8 Å². The Kier molecular flexibility index (Phi) is 3.55. The predicted molar refractivity (Wildman–Crippen MR) is 71.4 cm³/mol. The van der Waals surface area contributed by atoms with Crippen LogP contribution in [-0.2, 0) is 6.54 Å². The van der Waals surface area contributed by atoms with Gasteiger partial charge in [-0.15, -0.1) is 16.4 Å². The van der Waals surface area contributed by atoms with Gasteiger partial charge in [-0.05, 0) is 34.2 Å². The molecule has 0 radical (unpaired) electrons. The molecular formula is C8H8BrN3S3. The largest absolute Gasteiger partial charge is 0.345 e. The summed E-state index contributed by atoms with van der Waals surface area (Å²) >= 11 is 11.6. The highest BCUT2D eigenvalue weighted by Crippen LogP contribution is 2.23. The molecule has 2 heterocycles. The summed E-state index contributed by atoms with van der Waals surface area (Å²) in [6, 6.07) is 2.12. The van der Waals surface area contributed by atoms with Gasteiger partial charge in [0.25, 0.3) is 0 Å². The molecule has 15 heavy (non-hydrogen) atoms. The maximum absolute atomic E-state index is 4.99. The van der Waals surface area contributed by atoms with Crippen molar-refractivity contribution in [2.24, 2.45) is 0 Å². The molecule has 0 aliphatic heterocycles. The number of halogens is 1. The van der Waals surface area contributed by atoms with E-state index in [1.165, 1.54) is 16.2 Å². The summed E-state index contributed by atoms with van der Waals surface area (Å²) in [7, 11) is 2.01. The molecule has 0 saturated carbocycles. The van der Waals surface area contributed by atoms with Crippen molar-refractivity contribution >= 4 is 56.0 Å². The molecular weight excluding hydrogens is 314 g/mol. The number of aromatic nitrogens is 2. The second kappa shape index (κ2) is 4.73. The Morgan fingerprint density at radius 1 is 1.67 bits per heavy atom. The fourth-order valence-electron chi connectivity index (χ4n) is 1.12. The first-order chi connectivity index (χ1) is 7.15. The Hall–Kier alpha value is -0.240. The summed E-state index contributed by atoms with van der Waals surface area (Å²) in [5, 5.41) is 9.90. The third-order valence-corrected chi connectivity index (χ3v) is 4.65. The minimum atomic E-state index is 0.712. The van der Waals surface area contributed by atoms with E-state index >= 15 is 0 Å². The number of H-pyrrole nitrogens is 1. The lowest BCUT2D eigenvalue weighted by molar-refractivity contribution is 0.905. The normalized spacial score (nSPS) is 10.5. The zero-order valence-electron chi connectivity index (χ0n) is 7.86. The minimum absolute atomic E-state index is 0.712. The Morgan fingerprint density at radius 3 is 3.00 bits per heavy atom. The summed E-state index contributed by atoms with van der Waals surface area (Å²) in [5.41, 5.74) is 0. The second-order valence-corrected chi connectivity index (χ2v) is 6.54. The summed E-state index contributed by atoms with van der Waals surface area (Å²) in [4.78, 5) is 3.38. The summed E-state index contributed by atoms with van der Waals surface area (Å²) in [6.07, 6.45) is 0. The predicted octanol–water partition coefficient (Wildman–Crippen LogP) is 3.66. The van der Waals surface area contributed by atoms with Crippen molar-refractivity contribution in [2.75, 3.05) is 11.9 Å². The fourth-order valence-corrected chi connectivity index (χ4v) is 3.46. The van der Waals surface area contributed by atoms with Crippen LogP contribution in [0.4, 0.5) is 5.13 Å². The highest BCUT2D eigenvalue weighted by Gasteiger charge is 2.07. The quantitative estimate of drug-likeness (QED) is 0.875. The van der Waals surface area contributed by atoms with Gasteiger partial charge in [0.1, 0.15) is 0 Å². The molecule has 0 atom stereocenters. The average Bonchev–Trinajstić information content (AvgIpc) is 2.75. The van der Waals surface area contributed by atoms with Gasteiger partial charge in [-0.2, -0.15) is 0 Å². The molecule has 3 nitrogen and oxygen atoms in total. The van der Waals surface area contributed by atoms with E-state index in [4.69, 9.17) is 12.2 Å². The van der Waals surface area contributed by atoms with Gasteiger partial charge in [-0.1, -0.05) is 11.3 Å². The van der Waals surface area contributed by atoms with Crippen LogP contribution in [0.15, 0.2) is 15.9 Å². The summed E-state index contributed by atoms with van der Waals surface area (Å²) in [5.74, 6) is 0. The van der Waals surface area contributed by atoms with Crippen LogP contribution in [0.25, 0.3) is 0 Å². The van der Waals surface area contributed by atoms with Crippen LogP contribution in [0.3, 0.4) is 0 Å². The van der Waals surface area contributed by atoms with Crippen LogP contribution in [0.5, 0.6) is 0 Å². The van der Waals surface area contributed by atoms with E-state index in [0.29, 0.717) is 3.95 Å². The van der Waals surface area contributed by atoms with E-state index in [-0.39, 0.29) is 0 Å². The first-order valence-electron chi connectivity index (χ1n) is 4.15. The van der Waals surface area contributed by atoms with Gasteiger partial charge in [-0.25, -0.2) is 0 Å². The van der Waals surface area contributed by atoms with E-state index in [0.717, 1.165) is 16.1 Å². The van der Waals surface area contributed by atoms with Crippen LogP contribution in [0.1, 0.15) is 4.88 Å². The molecule has 7 heteroatoms. The van der Waals surface area contributed by atoms with Gasteiger partial charge in [0.15, 0.2) is 3.95 Å². The van der Waals surface area contributed by atoms with Crippen molar-refractivity contribution < 1.29 is 0 Å². The Labute approximate surface area is 109 Å². The number of aromatic amines is 1. The zero-order chi connectivity index (χ0) is 10.8. The molecule has 2 aromatic rings. The molecule has 0 aliphatic rings. The van der Waals surface area contributed by atoms with E-state index in [1.54, 1.807) is 11.3 Å². The summed E-state index contributed by atoms with van der Waals surface area (Å²) < 4.78 is 1.84. The monoisotopic (exact) mass is 321 g/mol. The third kappa shape index (κ3) is 2.87. The van der Waals surface area contributed by atoms with Gasteiger partial charge < -0.3 is 4.90 Å². The first kappa shape index (κ1) is 11.3. The lowest BCUT2D eigenvalue weighted by Gasteiger charge is -2.12. The number of anilines is 1. The Balaban J connectivity index is 2.10. The lowest BCUT2D eigenvalue weighted by atomic mass is 10.4. The highest BCUT2D eigenvalue weighted by atomic mass is 79.9. The van der Waals surface area contributed by atoms with Crippen molar-refractivity contribution in [3.8, 4) is 0 Å². The average molecular weight is 322 g/mol.